The Hall–Kier alpha value is -1.84. The van der Waals surface area contributed by atoms with Crippen molar-refractivity contribution < 1.29 is 9.21 Å². The molecular weight excluding hydrogens is 228 g/mol. The van der Waals surface area contributed by atoms with Crippen molar-refractivity contribution in [3.63, 3.8) is 0 Å². The minimum atomic E-state index is 0.00338. The van der Waals surface area contributed by atoms with Crippen LogP contribution in [0.3, 0.4) is 0 Å². The number of hydrogen-bond acceptors (Lipinski definition) is 3. The van der Waals surface area contributed by atoms with E-state index in [9.17, 15) is 4.79 Å². The van der Waals surface area contributed by atoms with Crippen molar-refractivity contribution in [1.29, 1.82) is 0 Å². The average Bonchev–Trinajstić information content (AvgIpc) is 2.82. The average molecular weight is 244 g/mol. The molecule has 1 aliphatic rings. The number of likely N-dealkylation sites (tertiary alicyclic amines) is 1. The van der Waals surface area contributed by atoms with Gasteiger partial charge in [0.15, 0.2) is 5.58 Å². The zero-order valence-electron chi connectivity index (χ0n) is 10.4. The maximum atomic E-state index is 11.7. The van der Waals surface area contributed by atoms with E-state index in [1.165, 1.54) is 0 Å². The molecule has 1 unspecified atom stereocenters. The Bertz CT molecular complexity index is 543. The minimum absolute atomic E-state index is 0.00338. The smallest absolute Gasteiger partial charge is 0.220 e. The second-order valence-corrected chi connectivity index (χ2v) is 4.74. The highest BCUT2D eigenvalue weighted by Gasteiger charge is 2.29. The van der Waals surface area contributed by atoms with Gasteiger partial charge in [0, 0.05) is 13.5 Å². The number of rotatable bonds is 1. The van der Waals surface area contributed by atoms with E-state index < -0.39 is 0 Å². The number of aromatic nitrogens is 1. The first-order valence-electron chi connectivity index (χ1n) is 6.38. The maximum absolute atomic E-state index is 11.7. The highest BCUT2D eigenvalue weighted by Crippen LogP contribution is 2.32. The Morgan fingerprint density at radius 2 is 2.22 bits per heavy atom. The fraction of sp³-hybridized carbons (Fsp3) is 0.429. The molecule has 0 aliphatic carbocycles. The van der Waals surface area contributed by atoms with Gasteiger partial charge in [-0.05, 0) is 31.4 Å². The lowest BCUT2D eigenvalue weighted by atomic mass is 10.0. The van der Waals surface area contributed by atoms with Gasteiger partial charge in [0.2, 0.25) is 11.8 Å². The zero-order chi connectivity index (χ0) is 12.5. The Labute approximate surface area is 106 Å². The molecule has 0 bridgehead atoms. The molecule has 2 heterocycles. The van der Waals surface area contributed by atoms with Gasteiger partial charge >= 0.3 is 0 Å². The number of carbonyl (C=O) groups is 1. The van der Waals surface area contributed by atoms with Gasteiger partial charge in [0.05, 0.1) is 0 Å². The molecule has 1 aromatic carbocycles. The maximum Gasteiger partial charge on any atom is 0.220 e. The molecule has 1 saturated heterocycles. The van der Waals surface area contributed by atoms with Gasteiger partial charge in [0.25, 0.3) is 0 Å². The van der Waals surface area contributed by atoms with E-state index in [0.717, 1.165) is 36.9 Å². The van der Waals surface area contributed by atoms with Crippen LogP contribution in [-0.4, -0.2) is 22.3 Å². The Balaban J connectivity index is 1.98. The summed E-state index contributed by atoms with van der Waals surface area (Å²) in [6.07, 6.45) is 3.12. The lowest BCUT2D eigenvalue weighted by Gasteiger charge is -2.32. The molecule has 94 valence electrons. The first kappa shape index (κ1) is 11.3. The van der Waals surface area contributed by atoms with Crippen molar-refractivity contribution in [3.05, 3.63) is 30.2 Å². The summed E-state index contributed by atoms with van der Waals surface area (Å²) in [7, 11) is 0. The normalized spacial score (nSPS) is 20.3. The number of fused-ring (bicyclic) bond motifs is 1. The first-order valence-corrected chi connectivity index (χ1v) is 6.38. The number of amides is 1. The van der Waals surface area contributed by atoms with Crippen molar-refractivity contribution in [1.82, 2.24) is 9.88 Å². The fourth-order valence-electron chi connectivity index (χ4n) is 2.60. The monoisotopic (exact) mass is 244 g/mol. The van der Waals surface area contributed by atoms with Crippen LogP contribution in [0.1, 0.15) is 38.1 Å². The number of benzene rings is 1. The predicted octanol–water partition coefficient (Wildman–Crippen LogP) is 2.90. The Kier molecular flexibility index (Phi) is 2.78. The van der Waals surface area contributed by atoms with Gasteiger partial charge in [-0.1, -0.05) is 12.1 Å². The molecule has 0 N–H and O–H groups in total. The van der Waals surface area contributed by atoms with E-state index in [2.05, 4.69) is 4.98 Å². The Morgan fingerprint density at radius 3 is 3.00 bits per heavy atom. The van der Waals surface area contributed by atoms with Crippen molar-refractivity contribution >= 4 is 17.0 Å². The van der Waals surface area contributed by atoms with E-state index in [1.54, 1.807) is 6.92 Å². The van der Waals surface area contributed by atoms with Crippen LogP contribution in [0, 0.1) is 0 Å². The highest BCUT2D eigenvalue weighted by atomic mass is 16.3. The van der Waals surface area contributed by atoms with Crippen molar-refractivity contribution in [3.8, 4) is 0 Å². The van der Waals surface area contributed by atoms with Gasteiger partial charge in [-0.25, -0.2) is 4.98 Å². The van der Waals surface area contributed by atoms with Crippen LogP contribution in [0.4, 0.5) is 0 Å². The zero-order valence-corrected chi connectivity index (χ0v) is 10.4. The number of nitrogens with zero attached hydrogens (tertiary/aromatic N) is 2. The van der Waals surface area contributed by atoms with Crippen molar-refractivity contribution in [2.75, 3.05) is 6.54 Å². The summed E-state index contributed by atoms with van der Waals surface area (Å²) in [5.41, 5.74) is 1.66. The van der Waals surface area contributed by atoms with Crippen molar-refractivity contribution in [2.45, 2.75) is 32.2 Å². The summed E-state index contributed by atoms with van der Waals surface area (Å²) in [4.78, 5) is 18.0. The molecule has 1 fully saturated rings. The number of carbonyl (C=O) groups excluding carboxylic acids is 1. The second kappa shape index (κ2) is 4.44. The molecule has 1 amide bonds. The van der Waals surface area contributed by atoms with Crippen LogP contribution in [0.25, 0.3) is 11.1 Å². The molecule has 0 saturated carbocycles. The Morgan fingerprint density at radius 1 is 1.39 bits per heavy atom. The van der Waals surface area contributed by atoms with Gasteiger partial charge in [-0.3, -0.25) is 4.79 Å². The first-order chi connectivity index (χ1) is 8.75. The quantitative estimate of drug-likeness (QED) is 0.774. The second-order valence-electron chi connectivity index (χ2n) is 4.74. The third-order valence-corrected chi connectivity index (χ3v) is 3.50. The van der Waals surface area contributed by atoms with Gasteiger partial charge in [0.1, 0.15) is 11.6 Å². The number of hydrogen-bond donors (Lipinski definition) is 0. The predicted molar refractivity (Wildman–Crippen MR) is 68.0 cm³/mol. The SMILES string of the molecule is CC(=O)N1CCCCC1c1nc2ccccc2o1. The molecule has 1 aromatic heterocycles. The summed E-state index contributed by atoms with van der Waals surface area (Å²) >= 11 is 0. The van der Waals surface area contributed by atoms with Crippen molar-refractivity contribution in [2.24, 2.45) is 0 Å². The van der Waals surface area contributed by atoms with Gasteiger partial charge in [-0.2, -0.15) is 0 Å². The van der Waals surface area contributed by atoms with Crippen LogP contribution in [0.15, 0.2) is 28.7 Å². The standard InChI is InChI=1S/C14H16N2O2/c1-10(17)16-9-5-4-7-12(16)14-15-11-6-2-3-8-13(11)18-14/h2-3,6,8,12H,4-5,7,9H2,1H3. The molecule has 3 rings (SSSR count). The van der Waals surface area contributed by atoms with E-state index in [1.807, 2.05) is 29.2 Å². The number of para-hydroxylation sites is 2. The molecule has 0 spiro atoms. The number of oxazole rings is 1. The van der Waals surface area contributed by atoms with E-state index in [-0.39, 0.29) is 11.9 Å². The van der Waals surface area contributed by atoms with E-state index in [4.69, 9.17) is 4.42 Å². The molecule has 1 atom stereocenters. The van der Waals surface area contributed by atoms with Crippen LogP contribution in [0.2, 0.25) is 0 Å². The third-order valence-electron chi connectivity index (χ3n) is 3.50. The molecule has 2 aromatic rings. The minimum Gasteiger partial charge on any atom is -0.438 e. The van der Waals surface area contributed by atoms with Crippen LogP contribution in [-0.2, 0) is 4.79 Å². The molecule has 4 heteroatoms. The van der Waals surface area contributed by atoms with Gasteiger partial charge in [-0.15, -0.1) is 0 Å². The van der Waals surface area contributed by atoms with Crippen LogP contribution < -0.4 is 0 Å². The largest absolute Gasteiger partial charge is 0.438 e. The van der Waals surface area contributed by atoms with E-state index in [0.29, 0.717) is 5.89 Å². The van der Waals surface area contributed by atoms with Gasteiger partial charge < -0.3 is 9.32 Å². The lowest BCUT2D eigenvalue weighted by molar-refractivity contribution is -0.133. The molecule has 1 aliphatic heterocycles. The molecular formula is C14H16N2O2. The summed E-state index contributed by atoms with van der Waals surface area (Å²) in [5.74, 6) is 0.771. The third kappa shape index (κ3) is 1.88. The molecule has 18 heavy (non-hydrogen) atoms. The fourth-order valence-corrected chi connectivity index (χ4v) is 2.60. The lowest BCUT2D eigenvalue weighted by Crippen LogP contribution is -2.37. The topological polar surface area (TPSA) is 46.3 Å². The summed E-state index contributed by atoms with van der Waals surface area (Å²) in [6, 6.07) is 7.72. The summed E-state index contributed by atoms with van der Waals surface area (Å²) in [6.45, 7) is 2.42. The summed E-state index contributed by atoms with van der Waals surface area (Å²) < 4.78 is 5.78. The summed E-state index contributed by atoms with van der Waals surface area (Å²) in [5, 5.41) is 0. The van der Waals surface area contributed by atoms with Crippen LogP contribution >= 0.6 is 0 Å². The van der Waals surface area contributed by atoms with Crippen LogP contribution in [0.5, 0.6) is 0 Å². The van der Waals surface area contributed by atoms with E-state index >= 15 is 0 Å². The number of piperidine rings is 1. The molecule has 0 radical (unpaired) electrons. The molecule has 4 nitrogen and oxygen atoms in total. The highest BCUT2D eigenvalue weighted by molar-refractivity contribution is 5.74.